The minimum Gasteiger partial charge on any atom is -0.351 e. The summed E-state index contributed by atoms with van der Waals surface area (Å²) in [6.07, 6.45) is 1.76. The lowest BCUT2D eigenvalue weighted by Gasteiger charge is -2.34. The summed E-state index contributed by atoms with van der Waals surface area (Å²) in [6.45, 7) is 2.92. The van der Waals surface area contributed by atoms with Crippen molar-refractivity contribution in [3.05, 3.63) is 34.9 Å². The maximum Gasteiger partial charge on any atom is 0.253 e. The van der Waals surface area contributed by atoms with E-state index >= 15 is 0 Å². The Hall–Kier alpha value is -2.13. The Morgan fingerprint density at radius 1 is 1.19 bits per heavy atom. The Bertz CT molecular complexity index is 935. The second-order valence-electron chi connectivity index (χ2n) is 8.12. The molecule has 0 aliphatic carbocycles. The molecule has 3 amide bonds. The zero-order valence-electron chi connectivity index (χ0n) is 17.5. The van der Waals surface area contributed by atoms with Gasteiger partial charge in [-0.2, -0.15) is 0 Å². The Morgan fingerprint density at radius 2 is 1.90 bits per heavy atom. The highest BCUT2D eigenvalue weighted by molar-refractivity contribution is 7.91. The van der Waals surface area contributed by atoms with Gasteiger partial charge in [-0.05, 0) is 50.5 Å². The molecule has 2 atom stereocenters. The molecule has 2 fully saturated rings. The molecular formula is C21H28ClN3O5S. The van der Waals surface area contributed by atoms with Crippen LogP contribution in [0.2, 0.25) is 5.02 Å². The predicted molar refractivity (Wildman–Crippen MR) is 118 cm³/mol. The molecule has 0 unspecified atom stereocenters. The second-order valence-corrected chi connectivity index (χ2v) is 10.8. The van der Waals surface area contributed by atoms with E-state index in [1.165, 1.54) is 4.90 Å². The first-order valence-electron chi connectivity index (χ1n) is 10.5. The maximum absolute atomic E-state index is 13.0. The number of hydrogen-bond donors (Lipinski definition) is 1. The summed E-state index contributed by atoms with van der Waals surface area (Å²) in [7, 11) is -3.09. The third-order valence-corrected chi connectivity index (χ3v) is 7.79. The Labute approximate surface area is 187 Å². The van der Waals surface area contributed by atoms with Crippen LogP contribution in [-0.2, 0) is 19.4 Å². The van der Waals surface area contributed by atoms with Crippen LogP contribution in [0.3, 0.4) is 0 Å². The van der Waals surface area contributed by atoms with Crippen LogP contribution in [0.25, 0.3) is 0 Å². The lowest BCUT2D eigenvalue weighted by Crippen LogP contribution is -2.50. The highest BCUT2D eigenvalue weighted by Gasteiger charge is 2.33. The van der Waals surface area contributed by atoms with Crippen LogP contribution in [0.5, 0.6) is 0 Å². The monoisotopic (exact) mass is 469 g/mol. The number of amides is 3. The quantitative estimate of drug-likeness (QED) is 0.677. The van der Waals surface area contributed by atoms with Gasteiger partial charge in [-0.25, -0.2) is 8.42 Å². The van der Waals surface area contributed by atoms with Crippen molar-refractivity contribution in [1.82, 2.24) is 15.1 Å². The van der Waals surface area contributed by atoms with Gasteiger partial charge in [-0.1, -0.05) is 11.6 Å². The van der Waals surface area contributed by atoms with Crippen molar-refractivity contribution < 1.29 is 22.8 Å². The van der Waals surface area contributed by atoms with E-state index in [0.29, 0.717) is 49.5 Å². The molecule has 2 saturated heterocycles. The molecule has 8 nitrogen and oxygen atoms in total. The average Bonchev–Trinajstić information content (AvgIpc) is 3.09. The first-order valence-corrected chi connectivity index (χ1v) is 12.7. The normalized spacial score (nSPS) is 22.7. The predicted octanol–water partition coefficient (Wildman–Crippen LogP) is 1.34. The standard InChI is InChI=1S/C21H28ClN3O5S/c1-2-24(13-19(26)23-18-9-11-31(29,30)14-18)21(28)16-4-3-10-25(12-16)20(27)15-5-7-17(22)8-6-15/h5-8,16,18H,2-4,9-14H2,1H3,(H,23,26)/t16-,18-/m1/s1. The fourth-order valence-electron chi connectivity index (χ4n) is 4.10. The van der Waals surface area contributed by atoms with Gasteiger partial charge in [0.1, 0.15) is 0 Å². The highest BCUT2D eigenvalue weighted by atomic mass is 35.5. The molecule has 2 aliphatic heterocycles. The zero-order valence-corrected chi connectivity index (χ0v) is 19.1. The first kappa shape index (κ1) is 23.5. The molecule has 170 valence electrons. The molecule has 0 aromatic heterocycles. The number of likely N-dealkylation sites (N-methyl/N-ethyl adjacent to an activating group) is 1. The first-order chi connectivity index (χ1) is 14.7. The van der Waals surface area contributed by atoms with Crippen molar-refractivity contribution in [2.45, 2.75) is 32.2 Å². The number of sulfone groups is 1. The number of carbonyl (C=O) groups excluding carboxylic acids is 3. The topological polar surface area (TPSA) is 104 Å². The molecule has 1 aromatic carbocycles. The molecule has 3 rings (SSSR count). The molecule has 31 heavy (non-hydrogen) atoms. The summed E-state index contributed by atoms with van der Waals surface area (Å²) in [6, 6.07) is 6.26. The molecule has 0 radical (unpaired) electrons. The number of carbonyl (C=O) groups is 3. The fraction of sp³-hybridized carbons (Fsp3) is 0.571. The number of piperidine rings is 1. The number of halogens is 1. The van der Waals surface area contributed by atoms with Gasteiger partial charge in [0, 0.05) is 36.3 Å². The molecule has 0 bridgehead atoms. The molecule has 10 heteroatoms. The van der Waals surface area contributed by atoms with Crippen molar-refractivity contribution in [3.8, 4) is 0 Å². The van der Waals surface area contributed by atoms with Gasteiger partial charge >= 0.3 is 0 Å². The van der Waals surface area contributed by atoms with Crippen molar-refractivity contribution >= 4 is 39.2 Å². The van der Waals surface area contributed by atoms with E-state index in [9.17, 15) is 22.8 Å². The van der Waals surface area contributed by atoms with Crippen molar-refractivity contribution in [3.63, 3.8) is 0 Å². The third-order valence-electron chi connectivity index (χ3n) is 5.77. The van der Waals surface area contributed by atoms with Crippen LogP contribution in [0.4, 0.5) is 0 Å². The van der Waals surface area contributed by atoms with E-state index in [2.05, 4.69) is 5.32 Å². The summed E-state index contributed by atoms with van der Waals surface area (Å²) >= 11 is 5.89. The third kappa shape index (κ3) is 6.20. The van der Waals surface area contributed by atoms with Gasteiger partial charge in [0.2, 0.25) is 11.8 Å². The Balaban J connectivity index is 1.57. The number of benzene rings is 1. The van der Waals surface area contributed by atoms with Gasteiger partial charge in [0.15, 0.2) is 9.84 Å². The average molecular weight is 470 g/mol. The van der Waals surface area contributed by atoms with Crippen molar-refractivity contribution in [1.29, 1.82) is 0 Å². The molecule has 1 aromatic rings. The molecule has 2 heterocycles. The summed E-state index contributed by atoms with van der Waals surface area (Å²) in [5.74, 6) is -1.01. The zero-order chi connectivity index (χ0) is 22.6. The molecule has 0 saturated carbocycles. The lowest BCUT2D eigenvalue weighted by atomic mass is 9.95. The van der Waals surface area contributed by atoms with Gasteiger partial charge < -0.3 is 15.1 Å². The van der Waals surface area contributed by atoms with E-state index in [1.807, 2.05) is 0 Å². The molecule has 2 aliphatic rings. The maximum atomic E-state index is 13.0. The number of nitrogens with one attached hydrogen (secondary N) is 1. The molecule has 0 spiro atoms. The van der Waals surface area contributed by atoms with Crippen LogP contribution in [0.1, 0.15) is 36.5 Å². The summed E-state index contributed by atoms with van der Waals surface area (Å²) in [4.78, 5) is 41.4. The van der Waals surface area contributed by atoms with Crippen LogP contribution in [0, 0.1) is 5.92 Å². The van der Waals surface area contributed by atoms with Gasteiger partial charge in [0.05, 0.1) is 24.0 Å². The number of rotatable bonds is 6. The minimum atomic E-state index is -3.09. The lowest BCUT2D eigenvalue weighted by molar-refractivity contribution is -0.140. The van der Waals surface area contributed by atoms with Crippen LogP contribution in [-0.4, -0.2) is 79.7 Å². The van der Waals surface area contributed by atoms with E-state index < -0.39 is 15.9 Å². The van der Waals surface area contributed by atoms with Crippen LogP contribution in [0.15, 0.2) is 24.3 Å². The minimum absolute atomic E-state index is 0.0524. The Morgan fingerprint density at radius 3 is 2.52 bits per heavy atom. The Kier molecular flexibility index (Phi) is 7.59. The fourth-order valence-corrected chi connectivity index (χ4v) is 5.90. The SMILES string of the molecule is CCN(CC(=O)N[C@@H]1CCS(=O)(=O)C1)C(=O)[C@@H]1CCCN(C(=O)c2ccc(Cl)cc2)C1. The van der Waals surface area contributed by atoms with E-state index in [0.717, 1.165) is 0 Å². The smallest absolute Gasteiger partial charge is 0.253 e. The van der Waals surface area contributed by atoms with Gasteiger partial charge in [0.25, 0.3) is 5.91 Å². The van der Waals surface area contributed by atoms with Crippen LogP contribution >= 0.6 is 11.6 Å². The van der Waals surface area contributed by atoms with E-state index in [-0.39, 0.29) is 41.7 Å². The molecular weight excluding hydrogens is 442 g/mol. The van der Waals surface area contributed by atoms with Gasteiger partial charge in [-0.3, -0.25) is 14.4 Å². The van der Waals surface area contributed by atoms with Crippen LogP contribution < -0.4 is 5.32 Å². The summed E-state index contributed by atoms with van der Waals surface area (Å²) in [5.41, 5.74) is 0.524. The largest absolute Gasteiger partial charge is 0.351 e. The second kappa shape index (κ2) is 9.99. The van der Waals surface area contributed by atoms with E-state index in [1.54, 1.807) is 36.1 Å². The summed E-state index contributed by atoms with van der Waals surface area (Å²) in [5, 5.41) is 3.27. The summed E-state index contributed by atoms with van der Waals surface area (Å²) < 4.78 is 23.1. The molecule has 1 N–H and O–H groups in total. The number of hydrogen-bond acceptors (Lipinski definition) is 5. The number of likely N-dealkylation sites (tertiary alicyclic amines) is 1. The van der Waals surface area contributed by atoms with Crippen molar-refractivity contribution in [2.75, 3.05) is 37.7 Å². The van der Waals surface area contributed by atoms with Gasteiger partial charge in [-0.15, -0.1) is 0 Å². The van der Waals surface area contributed by atoms with E-state index in [4.69, 9.17) is 11.6 Å². The highest BCUT2D eigenvalue weighted by Crippen LogP contribution is 2.21. The van der Waals surface area contributed by atoms with Crippen molar-refractivity contribution in [2.24, 2.45) is 5.92 Å². The number of nitrogens with zero attached hydrogens (tertiary/aromatic N) is 2.